The van der Waals surface area contributed by atoms with Crippen LogP contribution in [0.3, 0.4) is 0 Å². The van der Waals surface area contributed by atoms with Crippen LogP contribution in [0.4, 0.5) is 5.69 Å². The zero-order chi connectivity index (χ0) is 18.9. The normalized spacial score (nSPS) is 13.8. The summed E-state index contributed by atoms with van der Waals surface area (Å²) in [5.74, 6) is 1.29. The summed E-state index contributed by atoms with van der Waals surface area (Å²) in [5.41, 5.74) is 7.79. The molecule has 1 radical (unpaired) electrons. The number of carbonyl (C=O) groups excluding carboxylic acids is 1. The van der Waals surface area contributed by atoms with E-state index in [4.69, 9.17) is 20.6 Å². The van der Waals surface area contributed by atoms with Gasteiger partial charge in [0.15, 0.2) is 17.3 Å². The molecule has 0 aromatic heterocycles. The van der Waals surface area contributed by atoms with Crippen molar-refractivity contribution in [2.75, 3.05) is 18.5 Å². The van der Waals surface area contributed by atoms with Crippen LogP contribution in [0.15, 0.2) is 47.6 Å². The van der Waals surface area contributed by atoms with E-state index in [0.29, 0.717) is 36.5 Å². The molecule has 26 heavy (non-hydrogen) atoms. The quantitative estimate of drug-likeness (QED) is 0.440. The maximum absolute atomic E-state index is 11.7. The van der Waals surface area contributed by atoms with Gasteiger partial charge < -0.3 is 20.5 Å². The number of nitrogen functional groups attached to an aromatic ring is 1. The molecule has 1 aromatic carbocycles. The van der Waals surface area contributed by atoms with Crippen molar-refractivity contribution in [1.29, 1.82) is 5.41 Å². The fourth-order valence-electron chi connectivity index (χ4n) is 2.53. The van der Waals surface area contributed by atoms with E-state index in [1.54, 1.807) is 12.1 Å². The Morgan fingerprint density at radius 2 is 1.96 bits per heavy atom. The summed E-state index contributed by atoms with van der Waals surface area (Å²) in [5, 5.41) is 10.8. The number of nitrogens with two attached hydrogens (primary N) is 1. The Bertz CT molecular complexity index is 706. The molecule has 0 unspecified atom stereocenters. The summed E-state index contributed by atoms with van der Waals surface area (Å²) in [6.07, 6.45) is 5.92. The number of benzene rings is 1. The lowest BCUT2D eigenvalue weighted by molar-refractivity contribution is -0.122. The number of ketones is 1. The van der Waals surface area contributed by atoms with E-state index in [1.807, 2.05) is 38.5 Å². The number of ether oxygens (including phenoxy) is 2. The molecule has 0 spiro atoms. The lowest BCUT2D eigenvalue weighted by Gasteiger charge is -2.23. The van der Waals surface area contributed by atoms with Crippen molar-refractivity contribution in [3.8, 4) is 0 Å². The predicted octanol–water partition coefficient (Wildman–Crippen LogP) is 3.51. The molecule has 1 aliphatic rings. The molecule has 4 N–H and O–H groups in total. The number of anilines is 1. The number of carbonyl (C=O) groups is 1. The lowest BCUT2D eigenvalue weighted by Crippen LogP contribution is -2.16. The predicted molar refractivity (Wildman–Crippen MR) is 103 cm³/mol. The molecule has 0 aliphatic heterocycles. The first-order chi connectivity index (χ1) is 12.5. The SMILES string of the molecule is CCCC(=O)COC1=CC[CH]C(Nc2ccc(C(=N)N)cc2)=C1OCC. The Labute approximate surface area is 154 Å². The molecule has 2 rings (SSSR count). The van der Waals surface area contributed by atoms with E-state index in [-0.39, 0.29) is 18.2 Å². The second-order valence-corrected chi connectivity index (χ2v) is 5.88. The largest absolute Gasteiger partial charge is 0.488 e. The van der Waals surface area contributed by atoms with Crippen molar-refractivity contribution in [2.45, 2.75) is 33.1 Å². The van der Waals surface area contributed by atoms with Crippen molar-refractivity contribution < 1.29 is 14.3 Å². The van der Waals surface area contributed by atoms with Crippen LogP contribution in [0.25, 0.3) is 0 Å². The van der Waals surface area contributed by atoms with Crippen LogP contribution < -0.4 is 11.1 Å². The molecule has 139 valence electrons. The Morgan fingerprint density at radius 1 is 1.23 bits per heavy atom. The average Bonchev–Trinajstić information content (AvgIpc) is 2.63. The molecule has 1 aliphatic carbocycles. The van der Waals surface area contributed by atoms with Crippen LogP contribution in [0.1, 0.15) is 38.7 Å². The smallest absolute Gasteiger partial charge is 0.180 e. The third-order valence-corrected chi connectivity index (χ3v) is 3.77. The van der Waals surface area contributed by atoms with Crippen molar-refractivity contribution in [1.82, 2.24) is 0 Å². The van der Waals surface area contributed by atoms with Gasteiger partial charge in [-0.2, -0.15) is 0 Å². The zero-order valence-electron chi connectivity index (χ0n) is 15.3. The monoisotopic (exact) mass is 356 g/mol. The molecular weight excluding hydrogens is 330 g/mol. The van der Waals surface area contributed by atoms with Crippen LogP contribution in [0.2, 0.25) is 0 Å². The number of hydrogen-bond acceptors (Lipinski definition) is 5. The Kier molecular flexibility index (Phi) is 7.26. The third-order valence-electron chi connectivity index (χ3n) is 3.77. The fourth-order valence-corrected chi connectivity index (χ4v) is 2.53. The van der Waals surface area contributed by atoms with Crippen LogP contribution in [0.5, 0.6) is 0 Å². The molecule has 6 heteroatoms. The minimum atomic E-state index is 0.0327. The summed E-state index contributed by atoms with van der Waals surface area (Å²) in [6.45, 7) is 4.41. The van der Waals surface area contributed by atoms with Gasteiger partial charge in [-0.3, -0.25) is 10.2 Å². The molecule has 0 saturated heterocycles. The third kappa shape index (κ3) is 5.37. The van der Waals surface area contributed by atoms with E-state index in [0.717, 1.165) is 17.8 Å². The summed E-state index contributed by atoms with van der Waals surface area (Å²) in [7, 11) is 0. The number of rotatable bonds is 10. The van der Waals surface area contributed by atoms with E-state index in [9.17, 15) is 4.79 Å². The van der Waals surface area contributed by atoms with Gasteiger partial charge in [0.1, 0.15) is 12.4 Å². The molecule has 0 amide bonds. The van der Waals surface area contributed by atoms with Crippen molar-refractivity contribution in [2.24, 2.45) is 5.73 Å². The minimum absolute atomic E-state index is 0.0327. The van der Waals surface area contributed by atoms with Crippen LogP contribution in [0, 0.1) is 11.8 Å². The number of amidine groups is 1. The van der Waals surface area contributed by atoms with Gasteiger partial charge >= 0.3 is 0 Å². The van der Waals surface area contributed by atoms with Crippen molar-refractivity contribution >= 4 is 17.3 Å². The second kappa shape index (κ2) is 9.65. The molecule has 6 nitrogen and oxygen atoms in total. The maximum Gasteiger partial charge on any atom is 0.180 e. The van der Waals surface area contributed by atoms with Gasteiger partial charge in [0.25, 0.3) is 0 Å². The first-order valence-corrected chi connectivity index (χ1v) is 8.81. The van der Waals surface area contributed by atoms with Crippen LogP contribution in [-0.2, 0) is 14.3 Å². The summed E-state index contributed by atoms with van der Waals surface area (Å²) < 4.78 is 11.5. The Morgan fingerprint density at radius 3 is 2.58 bits per heavy atom. The minimum Gasteiger partial charge on any atom is -0.488 e. The van der Waals surface area contributed by atoms with Crippen LogP contribution >= 0.6 is 0 Å². The summed E-state index contributed by atoms with van der Waals surface area (Å²) >= 11 is 0. The van der Waals surface area contributed by atoms with Gasteiger partial charge in [-0.15, -0.1) is 0 Å². The van der Waals surface area contributed by atoms with E-state index < -0.39 is 0 Å². The number of hydrogen-bond donors (Lipinski definition) is 3. The fraction of sp³-hybridized carbons (Fsp3) is 0.350. The van der Waals surface area contributed by atoms with Gasteiger partial charge in [-0.25, -0.2) is 0 Å². The first kappa shape index (κ1) is 19.6. The standard InChI is InChI=1S/C20H26N3O3/c1-3-6-16(24)13-26-18-8-5-7-17(19(18)25-4-2)23-15-11-9-14(10-12-15)20(21)22/h7-12,23H,3-6,13H2,1-2H3,(H3,21,22). The number of nitrogens with one attached hydrogen (secondary N) is 2. The van der Waals surface area contributed by atoms with Gasteiger partial charge in [-0.1, -0.05) is 6.92 Å². The second-order valence-electron chi connectivity index (χ2n) is 5.88. The molecule has 0 bridgehead atoms. The highest BCUT2D eigenvalue weighted by atomic mass is 16.5. The lowest BCUT2D eigenvalue weighted by atomic mass is 10.1. The molecule has 1 aromatic rings. The summed E-state index contributed by atoms with van der Waals surface area (Å²) in [6, 6.07) is 7.27. The Hall–Kier alpha value is -2.76. The Balaban J connectivity index is 2.14. The average molecular weight is 356 g/mol. The van der Waals surface area contributed by atoms with E-state index >= 15 is 0 Å². The van der Waals surface area contributed by atoms with Gasteiger partial charge in [-0.05, 0) is 50.1 Å². The highest BCUT2D eigenvalue weighted by Gasteiger charge is 2.20. The van der Waals surface area contributed by atoms with Crippen molar-refractivity contribution in [3.05, 3.63) is 59.5 Å². The number of Topliss-reactive ketones (excluding diaryl/α,β-unsaturated/α-hetero) is 1. The molecule has 0 atom stereocenters. The number of allylic oxidation sites excluding steroid dienone is 2. The first-order valence-electron chi connectivity index (χ1n) is 8.81. The van der Waals surface area contributed by atoms with E-state index in [2.05, 4.69) is 5.32 Å². The highest BCUT2D eigenvalue weighted by molar-refractivity contribution is 5.95. The molecule has 0 fully saturated rings. The topological polar surface area (TPSA) is 97.4 Å². The van der Waals surface area contributed by atoms with Crippen molar-refractivity contribution in [3.63, 3.8) is 0 Å². The zero-order valence-corrected chi connectivity index (χ0v) is 15.3. The molecule has 0 heterocycles. The summed E-state index contributed by atoms with van der Waals surface area (Å²) in [4.78, 5) is 11.7. The molecule has 0 saturated carbocycles. The highest BCUT2D eigenvalue weighted by Crippen LogP contribution is 2.28. The molecular formula is C20H26N3O3. The van der Waals surface area contributed by atoms with Crippen LogP contribution in [-0.4, -0.2) is 24.8 Å². The maximum atomic E-state index is 11.7. The van der Waals surface area contributed by atoms with Gasteiger partial charge in [0, 0.05) is 24.1 Å². The van der Waals surface area contributed by atoms with Gasteiger partial charge in [0.05, 0.1) is 12.3 Å². The van der Waals surface area contributed by atoms with Gasteiger partial charge in [0.2, 0.25) is 0 Å². The van der Waals surface area contributed by atoms with E-state index in [1.165, 1.54) is 0 Å².